The van der Waals surface area contributed by atoms with Gasteiger partial charge in [-0.15, -0.1) is 4.91 Å². The summed E-state index contributed by atoms with van der Waals surface area (Å²) in [5, 5.41) is 5.31. The molecular formula is C15H13N4O3+. The molecule has 1 aromatic rings. The fraction of sp³-hybridized carbons (Fsp3) is 0.200. The summed E-state index contributed by atoms with van der Waals surface area (Å²) in [4.78, 5) is 36.0. The molecule has 1 aromatic carbocycles. The van der Waals surface area contributed by atoms with Crippen molar-refractivity contribution in [3.8, 4) is 0 Å². The van der Waals surface area contributed by atoms with Gasteiger partial charge in [0.2, 0.25) is 11.6 Å². The first kappa shape index (κ1) is 13.9. The smallest absolute Gasteiger partial charge is 0.312 e. The fourth-order valence-electron chi connectivity index (χ4n) is 2.39. The first-order valence-corrected chi connectivity index (χ1v) is 6.86. The number of amides is 2. The van der Waals surface area contributed by atoms with Gasteiger partial charge in [0, 0.05) is 24.7 Å². The zero-order valence-electron chi connectivity index (χ0n) is 11.7. The molecule has 0 atom stereocenters. The van der Waals surface area contributed by atoms with Crippen molar-refractivity contribution in [3.05, 3.63) is 46.5 Å². The van der Waals surface area contributed by atoms with Crippen molar-refractivity contribution in [2.75, 3.05) is 11.4 Å². The van der Waals surface area contributed by atoms with E-state index in [0.29, 0.717) is 18.5 Å². The van der Waals surface area contributed by atoms with Crippen LogP contribution in [0.5, 0.6) is 0 Å². The van der Waals surface area contributed by atoms with Gasteiger partial charge in [0.05, 0.1) is 5.56 Å². The maximum atomic E-state index is 12.1. The van der Waals surface area contributed by atoms with Crippen molar-refractivity contribution in [1.82, 2.24) is 9.98 Å². The Kier molecular flexibility index (Phi) is 3.64. The van der Waals surface area contributed by atoms with Crippen LogP contribution in [0.4, 0.5) is 5.69 Å². The van der Waals surface area contributed by atoms with Gasteiger partial charge in [0.25, 0.3) is 0 Å². The molecular weight excluding hydrogens is 284 g/mol. The Morgan fingerprint density at radius 1 is 1.27 bits per heavy atom. The third kappa shape index (κ3) is 2.57. The monoisotopic (exact) mass is 297 g/mol. The van der Waals surface area contributed by atoms with Crippen LogP contribution < -0.4 is 14.9 Å². The van der Waals surface area contributed by atoms with E-state index < -0.39 is 0 Å². The highest BCUT2D eigenvalue weighted by atomic mass is 16.3. The lowest BCUT2D eigenvalue weighted by molar-refractivity contribution is -0.117. The van der Waals surface area contributed by atoms with Crippen LogP contribution in [0.25, 0.3) is 0 Å². The summed E-state index contributed by atoms with van der Waals surface area (Å²) in [5.41, 5.74) is 1.28. The highest BCUT2D eigenvalue weighted by Crippen LogP contribution is 2.21. The quantitative estimate of drug-likeness (QED) is 0.659. The van der Waals surface area contributed by atoms with Crippen LogP contribution in [0.15, 0.2) is 41.2 Å². The molecule has 7 nitrogen and oxygen atoms in total. The molecule has 0 unspecified atom stereocenters. The zero-order chi connectivity index (χ0) is 15.5. The molecule has 0 bridgehead atoms. The molecule has 1 saturated heterocycles. The number of amidine groups is 1. The van der Waals surface area contributed by atoms with E-state index in [9.17, 15) is 14.5 Å². The molecule has 7 heteroatoms. The summed E-state index contributed by atoms with van der Waals surface area (Å²) in [7, 11) is 0. The highest BCUT2D eigenvalue weighted by molar-refractivity contribution is 6.15. The average molecular weight is 297 g/mol. The SMILES string of the molecule is O=NC1=CC=[N+]=C1NC(=O)c1ccc(N2CCCC2=O)cc1. The number of anilines is 1. The minimum atomic E-state index is -0.386. The van der Waals surface area contributed by atoms with Gasteiger partial charge in [-0.3, -0.25) is 4.79 Å². The maximum Gasteiger partial charge on any atom is 0.404 e. The van der Waals surface area contributed by atoms with Crippen LogP contribution in [-0.2, 0) is 4.79 Å². The normalized spacial score (nSPS) is 16.5. The number of rotatable bonds is 3. The summed E-state index contributed by atoms with van der Waals surface area (Å²) in [6.45, 7) is 0.705. The first-order chi connectivity index (χ1) is 10.7. The number of carbonyl (C=O) groups excluding carboxylic acids is 2. The van der Waals surface area contributed by atoms with E-state index in [-0.39, 0.29) is 23.3 Å². The number of nitrogens with zero attached hydrogens (tertiary/aromatic N) is 3. The lowest BCUT2D eigenvalue weighted by Gasteiger charge is -2.15. The molecule has 1 fully saturated rings. The van der Waals surface area contributed by atoms with Crippen molar-refractivity contribution >= 4 is 29.6 Å². The number of nitrogens with one attached hydrogen (secondary N) is 1. The van der Waals surface area contributed by atoms with Gasteiger partial charge in [-0.2, -0.15) is 5.32 Å². The van der Waals surface area contributed by atoms with E-state index in [1.165, 1.54) is 12.3 Å². The summed E-state index contributed by atoms with van der Waals surface area (Å²) < 4.78 is 3.86. The van der Waals surface area contributed by atoms with E-state index in [0.717, 1.165) is 12.1 Å². The lowest BCUT2D eigenvalue weighted by Crippen LogP contribution is -2.32. The van der Waals surface area contributed by atoms with Gasteiger partial charge < -0.3 is 4.90 Å². The van der Waals surface area contributed by atoms with Gasteiger partial charge in [-0.1, -0.05) is 0 Å². The number of benzene rings is 1. The van der Waals surface area contributed by atoms with Crippen LogP contribution in [0.1, 0.15) is 23.2 Å². The van der Waals surface area contributed by atoms with Crippen molar-refractivity contribution < 1.29 is 9.59 Å². The Bertz CT molecular complexity index is 743. The molecule has 0 saturated carbocycles. The molecule has 2 aliphatic rings. The molecule has 3 rings (SSSR count). The molecule has 0 aromatic heterocycles. The molecule has 0 radical (unpaired) electrons. The second kappa shape index (κ2) is 5.75. The summed E-state index contributed by atoms with van der Waals surface area (Å²) in [5.74, 6) is -0.151. The largest absolute Gasteiger partial charge is 0.404 e. The Balaban J connectivity index is 1.72. The molecule has 1 N–H and O–H groups in total. The first-order valence-electron chi connectivity index (χ1n) is 6.86. The Morgan fingerprint density at radius 2 is 2.05 bits per heavy atom. The van der Waals surface area contributed by atoms with E-state index in [2.05, 4.69) is 15.2 Å². The molecule has 2 amide bonds. The topological polar surface area (TPSA) is 92.9 Å². The van der Waals surface area contributed by atoms with Gasteiger partial charge in [-0.25, -0.2) is 9.46 Å². The number of hydrogen-bond acceptors (Lipinski definition) is 4. The lowest BCUT2D eigenvalue weighted by atomic mass is 10.2. The second-order valence-corrected chi connectivity index (χ2v) is 4.92. The molecule has 22 heavy (non-hydrogen) atoms. The number of carbonyl (C=O) groups is 2. The molecule has 0 aliphatic carbocycles. The van der Waals surface area contributed by atoms with Crippen LogP contribution >= 0.6 is 0 Å². The van der Waals surface area contributed by atoms with E-state index in [1.54, 1.807) is 29.2 Å². The Hall–Kier alpha value is -3.05. The molecule has 0 spiro atoms. The Morgan fingerprint density at radius 3 is 2.68 bits per heavy atom. The van der Waals surface area contributed by atoms with Crippen LogP contribution in [0, 0.1) is 4.91 Å². The summed E-state index contributed by atoms with van der Waals surface area (Å²) in [6, 6.07) is 6.73. The molecule has 2 aliphatic heterocycles. The van der Waals surface area contributed by atoms with Gasteiger partial charge >= 0.3 is 11.7 Å². The van der Waals surface area contributed by atoms with Gasteiger partial charge in [0.15, 0.2) is 6.21 Å². The van der Waals surface area contributed by atoms with Gasteiger partial charge in [0.1, 0.15) is 0 Å². The van der Waals surface area contributed by atoms with E-state index in [4.69, 9.17) is 0 Å². The van der Waals surface area contributed by atoms with Crippen LogP contribution in [0.3, 0.4) is 0 Å². The van der Waals surface area contributed by atoms with Crippen LogP contribution in [0.2, 0.25) is 0 Å². The minimum absolute atomic E-state index is 0.0904. The number of allylic oxidation sites excluding steroid dienone is 1. The van der Waals surface area contributed by atoms with Crippen LogP contribution in [-0.4, -0.2) is 30.4 Å². The molecule has 110 valence electrons. The third-order valence-electron chi connectivity index (χ3n) is 3.52. The predicted molar refractivity (Wildman–Crippen MR) is 82.6 cm³/mol. The standard InChI is InChI=1S/C15H12N4O3/c20-13-2-1-9-19(13)11-5-3-10(4-6-11)15(21)17-14-12(18-22)7-8-16-14/h3-8H,1-2,9H2/p+1. The van der Waals surface area contributed by atoms with Crippen molar-refractivity contribution in [1.29, 1.82) is 0 Å². The minimum Gasteiger partial charge on any atom is -0.312 e. The fourth-order valence-corrected chi connectivity index (χ4v) is 2.39. The van der Waals surface area contributed by atoms with Crippen molar-refractivity contribution in [3.63, 3.8) is 0 Å². The number of nitroso groups, excluding NO2 is 1. The van der Waals surface area contributed by atoms with Crippen molar-refractivity contribution in [2.24, 2.45) is 5.18 Å². The number of hydrogen-bond donors (Lipinski definition) is 1. The van der Waals surface area contributed by atoms with Crippen molar-refractivity contribution in [2.45, 2.75) is 12.8 Å². The van der Waals surface area contributed by atoms with E-state index in [1.807, 2.05) is 0 Å². The zero-order valence-corrected chi connectivity index (χ0v) is 11.7. The Labute approximate surface area is 126 Å². The third-order valence-corrected chi connectivity index (χ3v) is 3.52. The van der Waals surface area contributed by atoms with E-state index >= 15 is 0 Å². The van der Waals surface area contributed by atoms with Gasteiger partial charge in [-0.05, 0) is 35.9 Å². The highest BCUT2D eigenvalue weighted by Gasteiger charge is 2.26. The summed E-state index contributed by atoms with van der Waals surface area (Å²) in [6.07, 6.45) is 4.23. The predicted octanol–water partition coefficient (Wildman–Crippen LogP) is 0.744. The maximum absolute atomic E-state index is 12.1. The average Bonchev–Trinajstić information content (AvgIpc) is 3.16. The second-order valence-electron chi connectivity index (χ2n) is 4.92. The summed E-state index contributed by atoms with van der Waals surface area (Å²) >= 11 is 0. The molecule has 2 heterocycles.